The molecule has 0 radical (unpaired) electrons. The zero-order chi connectivity index (χ0) is 14.8. The molecule has 0 aromatic heterocycles. The molecule has 3 rings (SSSR count). The van der Waals surface area contributed by atoms with Crippen molar-refractivity contribution in [1.29, 1.82) is 0 Å². The number of anilines is 1. The maximum absolute atomic E-state index is 11.5. The van der Waals surface area contributed by atoms with Crippen LogP contribution in [-0.2, 0) is 5.60 Å². The number of nitrogens with one attached hydrogen (secondary N) is 1. The van der Waals surface area contributed by atoms with Gasteiger partial charge in [-0.2, -0.15) is 0 Å². The van der Waals surface area contributed by atoms with Crippen LogP contribution in [0.1, 0.15) is 25.8 Å². The summed E-state index contributed by atoms with van der Waals surface area (Å²) in [5.41, 5.74) is 0.266. The van der Waals surface area contributed by atoms with Crippen molar-refractivity contribution in [3.63, 3.8) is 0 Å². The van der Waals surface area contributed by atoms with Crippen LogP contribution < -0.4 is 5.32 Å². The molecule has 108 valence electrons. The summed E-state index contributed by atoms with van der Waals surface area (Å²) >= 11 is 3.51. The average Bonchev–Trinajstić information content (AvgIpc) is 2.80. The van der Waals surface area contributed by atoms with Crippen LogP contribution in [0.4, 0.5) is 5.69 Å². The van der Waals surface area contributed by atoms with Gasteiger partial charge in [-0.05, 0) is 25.6 Å². The Morgan fingerprint density at radius 3 is 2.85 bits per heavy atom. The van der Waals surface area contributed by atoms with Crippen molar-refractivity contribution in [3.05, 3.63) is 40.9 Å². The van der Waals surface area contributed by atoms with Gasteiger partial charge < -0.3 is 10.4 Å². The predicted octanol–water partition coefficient (Wildman–Crippen LogP) is 3.31. The number of rotatable bonds is 2. The first kappa shape index (κ1) is 14.1. The molecule has 0 saturated carbocycles. The number of halogens is 1. The fraction of sp³-hybridized carbons (Fsp3) is 0.500. The molecule has 1 aromatic carbocycles. The second kappa shape index (κ2) is 4.09. The third-order valence-corrected chi connectivity index (χ3v) is 5.66. The number of hydrogen-bond acceptors (Lipinski definition) is 3. The molecule has 2 heterocycles. The number of fused-ring (bicyclic) bond motifs is 3. The van der Waals surface area contributed by atoms with E-state index in [1.807, 2.05) is 24.3 Å². The second-order valence-corrected chi connectivity index (χ2v) is 7.40. The standard InChI is InChI=1S/C16H21BrN2O/c1-5-14(2,3)16-15(20,8-9-19(16)4)12-7-6-11(17)10-13(12)18-16/h5-7,10,18,20H,1,8-9H2,2-4H3/t15-,16+/m0/s1. The molecule has 2 N–H and O–H groups in total. The molecule has 4 heteroatoms. The molecule has 0 spiro atoms. The normalized spacial score (nSPS) is 32.6. The number of benzene rings is 1. The Labute approximate surface area is 128 Å². The third-order valence-electron chi connectivity index (χ3n) is 5.17. The Morgan fingerprint density at radius 1 is 1.50 bits per heavy atom. The van der Waals surface area contributed by atoms with Gasteiger partial charge in [-0.3, -0.25) is 4.90 Å². The van der Waals surface area contributed by atoms with Crippen molar-refractivity contribution in [1.82, 2.24) is 4.90 Å². The van der Waals surface area contributed by atoms with E-state index in [-0.39, 0.29) is 5.41 Å². The van der Waals surface area contributed by atoms with Crippen molar-refractivity contribution < 1.29 is 5.11 Å². The summed E-state index contributed by atoms with van der Waals surface area (Å²) in [7, 11) is 2.07. The topological polar surface area (TPSA) is 35.5 Å². The molecule has 0 unspecified atom stereocenters. The molecule has 2 aliphatic rings. The van der Waals surface area contributed by atoms with Crippen LogP contribution in [0.5, 0.6) is 0 Å². The van der Waals surface area contributed by atoms with Gasteiger partial charge in [0.2, 0.25) is 0 Å². The molecule has 1 saturated heterocycles. The highest BCUT2D eigenvalue weighted by atomic mass is 79.9. The maximum Gasteiger partial charge on any atom is 0.133 e. The van der Waals surface area contributed by atoms with Crippen molar-refractivity contribution >= 4 is 21.6 Å². The summed E-state index contributed by atoms with van der Waals surface area (Å²) in [6.07, 6.45) is 2.66. The molecular formula is C16H21BrN2O. The lowest BCUT2D eigenvalue weighted by Crippen LogP contribution is -2.65. The van der Waals surface area contributed by atoms with E-state index in [2.05, 4.69) is 53.6 Å². The fourth-order valence-electron chi connectivity index (χ4n) is 4.03. The van der Waals surface area contributed by atoms with E-state index in [4.69, 9.17) is 0 Å². The Hall–Kier alpha value is -0.840. The van der Waals surface area contributed by atoms with Gasteiger partial charge in [0.15, 0.2) is 0 Å². The lowest BCUT2D eigenvalue weighted by Gasteiger charge is -2.50. The van der Waals surface area contributed by atoms with E-state index in [0.717, 1.165) is 28.7 Å². The SMILES string of the molecule is C=CC(C)(C)[C@]12Nc3cc(Br)ccc3[C@@]1(O)CCN2C. The highest BCUT2D eigenvalue weighted by Crippen LogP contribution is 2.60. The number of likely N-dealkylation sites (tertiary alicyclic amines) is 1. The van der Waals surface area contributed by atoms with Crippen LogP contribution >= 0.6 is 15.9 Å². The van der Waals surface area contributed by atoms with Crippen LogP contribution in [0.25, 0.3) is 0 Å². The molecule has 0 bridgehead atoms. The van der Waals surface area contributed by atoms with Gasteiger partial charge >= 0.3 is 0 Å². The van der Waals surface area contributed by atoms with Gasteiger partial charge in [0.25, 0.3) is 0 Å². The maximum atomic E-state index is 11.5. The van der Waals surface area contributed by atoms with Gasteiger partial charge in [0.1, 0.15) is 11.3 Å². The first-order valence-electron chi connectivity index (χ1n) is 6.94. The highest BCUT2D eigenvalue weighted by Gasteiger charge is 2.68. The van der Waals surface area contributed by atoms with Crippen molar-refractivity contribution in [2.24, 2.45) is 5.41 Å². The summed E-state index contributed by atoms with van der Waals surface area (Å²) in [4.78, 5) is 2.22. The van der Waals surface area contributed by atoms with Crippen LogP contribution in [0.3, 0.4) is 0 Å². The minimum absolute atomic E-state index is 0.279. The zero-order valence-electron chi connectivity index (χ0n) is 12.2. The Bertz CT molecular complexity index is 586. The second-order valence-electron chi connectivity index (χ2n) is 6.48. The van der Waals surface area contributed by atoms with Gasteiger partial charge in [-0.25, -0.2) is 0 Å². The Morgan fingerprint density at radius 2 is 2.20 bits per heavy atom. The molecule has 3 nitrogen and oxygen atoms in total. The number of hydrogen-bond donors (Lipinski definition) is 2. The summed E-state index contributed by atoms with van der Waals surface area (Å²) in [6, 6.07) is 6.06. The van der Waals surface area contributed by atoms with Crippen LogP contribution in [0, 0.1) is 5.41 Å². The smallest absolute Gasteiger partial charge is 0.133 e. The van der Waals surface area contributed by atoms with Crippen LogP contribution in [0.2, 0.25) is 0 Å². The van der Waals surface area contributed by atoms with Gasteiger partial charge in [0, 0.05) is 27.7 Å². The Balaban J connectivity index is 2.26. The summed E-state index contributed by atoms with van der Waals surface area (Å²) in [5.74, 6) is 0. The van der Waals surface area contributed by atoms with E-state index in [9.17, 15) is 5.11 Å². The summed E-state index contributed by atoms with van der Waals surface area (Å²) < 4.78 is 1.02. The molecule has 2 atom stereocenters. The summed E-state index contributed by atoms with van der Waals surface area (Å²) in [5, 5.41) is 15.1. The molecule has 1 aromatic rings. The Kier molecular flexibility index (Phi) is 2.89. The van der Waals surface area contributed by atoms with Crippen LogP contribution in [-0.4, -0.2) is 29.3 Å². The molecule has 2 aliphatic heterocycles. The largest absolute Gasteiger partial charge is 0.381 e. The lowest BCUT2D eigenvalue weighted by atomic mass is 9.69. The van der Waals surface area contributed by atoms with E-state index in [1.54, 1.807) is 0 Å². The monoisotopic (exact) mass is 336 g/mol. The quantitative estimate of drug-likeness (QED) is 0.813. The highest BCUT2D eigenvalue weighted by molar-refractivity contribution is 9.10. The van der Waals surface area contributed by atoms with E-state index in [0.29, 0.717) is 0 Å². The molecular weight excluding hydrogens is 316 g/mol. The number of aliphatic hydroxyl groups is 1. The first-order chi connectivity index (χ1) is 9.28. The minimum Gasteiger partial charge on any atom is -0.381 e. The zero-order valence-corrected chi connectivity index (χ0v) is 13.8. The third kappa shape index (κ3) is 1.42. The first-order valence-corrected chi connectivity index (χ1v) is 7.73. The van der Waals surface area contributed by atoms with E-state index < -0.39 is 11.3 Å². The van der Waals surface area contributed by atoms with Gasteiger partial charge in [-0.15, -0.1) is 6.58 Å². The fourth-order valence-corrected chi connectivity index (χ4v) is 4.39. The molecule has 0 amide bonds. The van der Waals surface area contributed by atoms with Crippen LogP contribution in [0.15, 0.2) is 35.3 Å². The van der Waals surface area contributed by atoms with Gasteiger partial charge in [-0.1, -0.05) is 41.9 Å². The van der Waals surface area contributed by atoms with Gasteiger partial charge in [0.05, 0.1) is 0 Å². The molecule has 0 aliphatic carbocycles. The average molecular weight is 337 g/mol. The van der Waals surface area contributed by atoms with Crippen molar-refractivity contribution in [2.75, 3.05) is 18.9 Å². The summed E-state index contributed by atoms with van der Waals surface area (Å²) in [6.45, 7) is 9.10. The lowest BCUT2D eigenvalue weighted by molar-refractivity contribution is -0.0824. The van der Waals surface area contributed by atoms with Crippen molar-refractivity contribution in [2.45, 2.75) is 31.5 Å². The predicted molar refractivity (Wildman–Crippen MR) is 85.6 cm³/mol. The molecule has 20 heavy (non-hydrogen) atoms. The molecule has 1 fully saturated rings. The van der Waals surface area contributed by atoms with E-state index in [1.165, 1.54) is 0 Å². The minimum atomic E-state index is -0.893. The number of nitrogens with zero attached hydrogens (tertiary/aromatic N) is 1. The van der Waals surface area contributed by atoms with Crippen molar-refractivity contribution in [3.8, 4) is 0 Å². The van der Waals surface area contributed by atoms with E-state index >= 15 is 0 Å². The number of likely N-dealkylation sites (N-methyl/N-ethyl adjacent to an activating group) is 1.